The van der Waals surface area contributed by atoms with E-state index in [0.717, 1.165) is 18.2 Å². The highest BCUT2D eigenvalue weighted by Crippen LogP contribution is 2.48. The molecule has 2 aromatic carbocycles. The van der Waals surface area contributed by atoms with E-state index in [1.165, 1.54) is 25.3 Å². The van der Waals surface area contributed by atoms with Crippen LogP contribution in [-0.2, 0) is 10.0 Å². The molecule has 2 saturated carbocycles. The average molecular weight is 357 g/mol. The van der Waals surface area contributed by atoms with Gasteiger partial charge >= 0.3 is 0 Å². The second-order valence-corrected chi connectivity index (χ2v) is 10.1. The van der Waals surface area contributed by atoms with Crippen molar-refractivity contribution in [1.82, 2.24) is 4.31 Å². The number of fused-ring (bicyclic) bond motifs is 2. The largest absolute Gasteiger partial charge is 0.507 e. The number of nitrogens with zero attached hydrogens (tertiary/aromatic N) is 1. The van der Waals surface area contributed by atoms with Gasteiger partial charge in [-0.15, -0.1) is 0 Å². The first kappa shape index (κ1) is 15.6. The van der Waals surface area contributed by atoms with E-state index in [4.69, 9.17) is 0 Å². The summed E-state index contributed by atoms with van der Waals surface area (Å²) in [5.41, 5.74) is 0. The molecule has 0 spiro atoms. The van der Waals surface area contributed by atoms with Gasteiger partial charge in [-0.2, -0.15) is 4.31 Å². The van der Waals surface area contributed by atoms with E-state index in [1.807, 2.05) is 24.3 Å². The predicted octanol–water partition coefficient (Wildman–Crippen LogP) is 3.74. The standard InChI is InChI=1S/C20H23NO3S/c22-20-11-18(10-16-3-1-2-4-19(16)20)25(23,24)21-12-15-6-13-5-14(7-15)9-17(21)8-13/h1-4,10-11,13-15,17,22H,5-9,12H2. The molecule has 4 aliphatic rings. The van der Waals surface area contributed by atoms with Gasteiger partial charge < -0.3 is 5.11 Å². The minimum atomic E-state index is -3.58. The first-order chi connectivity index (χ1) is 12.0. The van der Waals surface area contributed by atoms with Crippen LogP contribution in [0.25, 0.3) is 10.8 Å². The van der Waals surface area contributed by atoms with Crippen LogP contribution in [0.15, 0.2) is 41.3 Å². The Morgan fingerprint density at radius 2 is 1.60 bits per heavy atom. The molecule has 2 aliphatic carbocycles. The van der Waals surface area contributed by atoms with Gasteiger partial charge in [0.1, 0.15) is 5.75 Å². The maximum absolute atomic E-state index is 13.4. The number of rotatable bonds is 2. The van der Waals surface area contributed by atoms with Crippen molar-refractivity contribution in [3.8, 4) is 5.75 Å². The van der Waals surface area contributed by atoms with Crippen LogP contribution in [0, 0.1) is 17.8 Å². The molecule has 25 heavy (non-hydrogen) atoms. The van der Waals surface area contributed by atoms with Crippen LogP contribution < -0.4 is 0 Å². The molecule has 0 aromatic heterocycles. The van der Waals surface area contributed by atoms with E-state index in [-0.39, 0.29) is 16.7 Å². The summed E-state index contributed by atoms with van der Waals surface area (Å²) in [6.45, 7) is 0.646. The van der Waals surface area contributed by atoms with Crippen LogP contribution in [-0.4, -0.2) is 30.4 Å². The molecule has 4 bridgehead atoms. The lowest BCUT2D eigenvalue weighted by molar-refractivity contribution is 0.148. The third-order valence-corrected chi connectivity index (χ3v) is 8.37. The van der Waals surface area contributed by atoms with Gasteiger partial charge in [0.25, 0.3) is 0 Å². The molecule has 2 aliphatic heterocycles. The molecule has 2 saturated heterocycles. The number of phenolic OH excluding ortho intramolecular Hbond substituents is 1. The fraction of sp³-hybridized carbons (Fsp3) is 0.500. The van der Waals surface area contributed by atoms with Crippen molar-refractivity contribution in [2.75, 3.05) is 6.54 Å². The lowest BCUT2D eigenvalue weighted by atomic mass is 9.68. The molecule has 0 amide bonds. The number of sulfonamides is 1. The van der Waals surface area contributed by atoms with Crippen LogP contribution in [0.1, 0.15) is 32.1 Å². The van der Waals surface area contributed by atoms with Gasteiger partial charge in [0, 0.05) is 24.0 Å². The summed E-state index contributed by atoms with van der Waals surface area (Å²) >= 11 is 0. The molecule has 1 N–H and O–H groups in total. The first-order valence-corrected chi connectivity index (χ1v) is 10.7. The third-order valence-electron chi connectivity index (χ3n) is 6.48. The highest BCUT2D eigenvalue weighted by molar-refractivity contribution is 7.89. The van der Waals surface area contributed by atoms with Crippen molar-refractivity contribution in [3.05, 3.63) is 36.4 Å². The normalized spacial score (nSPS) is 32.2. The molecule has 132 valence electrons. The fourth-order valence-electron chi connectivity index (χ4n) is 5.58. The number of hydrogen-bond acceptors (Lipinski definition) is 3. The van der Waals surface area contributed by atoms with Crippen molar-refractivity contribution >= 4 is 20.8 Å². The first-order valence-electron chi connectivity index (χ1n) is 9.24. The van der Waals surface area contributed by atoms with Crippen LogP contribution in [0.2, 0.25) is 0 Å². The molecule has 0 radical (unpaired) electrons. The van der Waals surface area contributed by atoms with Gasteiger partial charge in [-0.1, -0.05) is 24.3 Å². The highest BCUT2D eigenvalue weighted by Gasteiger charge is 2.46. The van der Waals surface area contributed by atoms with Gasteiger partial charge in [0.05, 0.1) is 4.90 Å². The molecular formula is C20H23NO3S. The van der Waals surface area contributed by atoms with Crippen molar-refractivity contribution in [1.29, 1.82) is 0 Å². The monoisotopic (exact) mass is 357 g/mol. The number of phenols is 1. The molecule has 2 heterocycles. The topological polar surface area (TPSA) is 57.6 Å². The Balaban J connectivity index is 1.59. The summed E-state index contributed by atoms with van der Waals surface area (Å²) in [5.74, 6) is 1.94. The number of hydrogen-bond donors (Lipinski definition) is 1. The molecule has 5 heteroatoms. The molecule has 2 aromatic rings. The summed E-state index contributed by atoms with van der Waals surface area (Å²) in [5, 5.41) is 11.8. The average Bonchev–Trinajstić information content (AvgIpc) is 2.79. The molecule has 2 unspecified atom stereocenters. The fourth-order valence-corrected chi connectivity index (χ4v) is 7.36. The molecule has 2 atom stereocenters. The van der Waals surface area contributed by atoms with Crippen molar-refractivity contribution in [2.24, 2.45) is 17.8 Å². The predicted molar refractivity (Wildman–Crippen MR) is 96.8 cm³/mol. The van der Waals surface area contributed by atoms with E-state index in [0.29, 0.717) is 29.7 Å². The maximum Gasteiger partial charge on any atom is 0.243 e. The molecular weight excluding hydrogens is 334 g/mol. The summed E-state index contributed by atoms with van der Waals surface area (Å²) in [4.78, 5) is 0.227. The molecule has 6 rings (SSSR count). The summed E-state index contributed by atoms with van der Waals surface area (Å²) in [6, 6.07) is 10.6. The van der Waals surface area contributed by atoms with Gasteiger partial charge in [-0.05, 0) is 61.3 Å². The van der Waals surface area contributed by atoms with E-state index < -0.39 is 10.0 Å². The molecule has 4 nitrogen and oxygen atoms in total. The van der Waals surface area contributed by atoms with Crippen LogP contribution >= 0.6 is 0 Å². The number of aromatic hydroxyl groups is 1. The molecule has 4 fully saturated rings. The van der Waals surface area contributed by atoms with E-state index >= 15 is 0 Å². The zero-order valence-electron chi connectivity index (χ0n) is 14.1. The van der Waals surface area contributed by atoms with Gasteiger partial charge in [0.2, 0.25) is 10.0 Å². The van der Waals surface area contributed by atoms with Crippen molar-refractivity contribution in [3.63, 3.8) is 0 Å². The Morgan fingerprint density at radius 3 is 2.36 bits per heavy atom. The van der Waals surface area contributed by atoms with Gasteiger partial charge in [-0.3, -0.25) is 0 Å². The smallest absolute Gasteiger partial charge is 0.243 e. The van der Waals surface area contributed by atoms with Crippen LogP contribution in [0.4, 0.5) is 0 Å². The minimum absolute atomic E-state index is 0.0392. The Bertz CT molecular complexity index is 925. The van der Waals surface area contributed by atoms with Crippen LogP contribution in [0.5, 0.6) is 5.75 Å². The maximum atomic E-state index is 13.4. The van der Waals surface area contributed by atoms with Gasteiger partial charge in [0.15, 0.2) is 0 Å². The SMILES string of the molecule is O=S(=O)(c1cc(O)c2ccccc2c1)N1CC2CC3CC(C2)CC1C3. The Labute approximate surface area is 148 Å². The quantitative estimate of drug-likeness (QED) is 0.891. The lowest BCUT2D eigenvalue weighted by Crippen LogP contribution is -2.42. The lowest BCUT2D eigenvalue weighted by Gasteiger charge is -2.38. The zero-order valence-corrected chi connectivity index (χ0v) is 15.0. The van der Waals surface area contributed by atoms with E-state index in [1.54, 1.807) is 10.4 Å². The summed E-state index contributed by atoms with van der Waals surface area (Å²) < 4.78 is 28.6. The van der Waals surface area contributed by atoms with E-state index in [2.05, 4.69) is 0 Å². The Morgan fingerprint density at radius 1 is 0.920 bits per heavy atom. The number of benzene rings is 2. The summed E-state index contributed by atoms with van der Waals surface area (Å²) in [6.07, 6.45) is 5.67. The zero-order chi connectivity index (χ0) is 17.2. The van der Waals surface area contributed by atoms with Crippen molar-refractivity contribution < 1.29 is 13.5 Å². The summed E-state index contributed by atoms with van der Waals surface area (Å²) in [7, 11) is -3.58. The Kier molecular flexibility index (Phi) is 3.41. The minimum Gasteiger partial charge on any atom is -0.507 e. The third kappa shape index (κ3) is 2.48. The van der Waals surface area contributed by atoms with Crippen molar-refractivity contribution in [2.45, 2.75) is 43.0 Å². The van der Waals surface area contributed by atoms with Gasteiger partial charge in [-0.25, -0.2) is 8.42 Å². The second-order valence-electron chi connectivity index (χ2n) is 8.17. The second kappa shape index (κ2) is 5.45. The Hall–Kier alpha value is -1.59. The van der Waals surface area contributed by atoms with Crippen LogP contribution in [0.3, 0.4) is 0 Å². The highest BCUT2D eigenvalue weighted by atomic mass is 32.2. The van der Waals surface area contributed by atoms with E-state index in [9.17, 15) is 13.5 Å².